The molecule has 0 aromatic carbocycles. The molecular formula is C7H13FO2. The minimum Gasteiger partial charge on any atom is -0.393 e. The summed E-state index contributed by atoms with van der Waals surface area (Å²) in [6.07, 6.45) is 0.0139. The second-order valence-corrected chi connectivity index (χ2v) is 2.60. The highest BCUT2D eigenvalue weighted by molar-refractivity contribution is 4.97. The van der Waals surface area contributed by atoms with E-state index in [0.29, 0.717) is 5.57 Å². The van der Waals surface area contributed by atoms with Crippen LogP contribution in [0.15, 0.2) is 12.2 Å². The Kier molecular flexibility index (Phi) is 3.53. The molecule has 2 N–H and O–H groups in total. The monoisotopic (exact) mass is 148 g/mol. The van der Waals surface area contributed by atoms with Crippen LogP contribution in [0.5, 0.6) is 0 Å². The Bertz CT molecular complexity index is 119. The van der Waals surface area contributed by atoms with Gasteiger partial charge in [-0.2, -0.15) is 0 Å². The van der Waals surface area contributed by atoms with Crippen LogP contribution in [0.25, 0.3) is 0 Å². The third-order valence-electron chi connectivity index (χ3n) is 1.19. The maximum atomic E-state index is 12.9. The summed E-state index contributed by atoms with van der Waals surface area (Å²) < 4.78 is 12.9. The number of halogens is 1. The van der Waals surface area contributed by atoms with Crippen molar-refractivity contribution in [3.63, 3.8) is 0 Å². The highest BCUT2D eigenvalue weighted by Gasteiger charge is 2.27. The van der Waals surface area contributed by atoms with E-state index in [9.17, 15) is 4.39 Å². The van der Waals surface area contributed by atoms with E-state index in [1.807, 2.05) is 0 Å². The number of hydrogen-bond acceptors (Lipinski definition) is 2. The number of allylic oxidation sites excluding steroid dienone is 1. The molecule has 0 spiro atoms. The van der Waals surface area contributed by atoms with Crippen LogP contribution in [0.4, 0.5) is 4.39 Å². The fourth-order valence-electron chi connectivity index (χ4n) is 0.703. The molecule has 0 aromatic heterocycles. The molecule has 0 aliphatic heterocycles. The van der Waals surface area contributed by atoms with E-state index in [-0.39, 0.29) is 6.42 Å². The number of hydrogen-bond donors (Lipinski definition) is 2. The Morgan fingerprint density at radius 2 is 1.90 bits per heavy atom. The molecule has 10 heavy (non-hydrogen) atoms. The Morgan fingerprint density at radius 1 is 1.50 bits per heavy atom. The lowest BCUT2D eigenvalue weighted by Gasteiger charge is -2.19. The van der Waals surface area contributed by atoms with Crippen molar-refractivity contribution in [1.29, 1.82) is 0 Å². The molecule has 0 aromatic rings. The highest BCUT2D eigenvalue weighted by atomic mass is 19.1. The summed E-state index contributed by atoms with van der Waals surface area (Å²) in [5.74, 6) is 0. The topological polar surface area (TPSA) is 40.5 Å². The van der Waals surface area contributed by atoms with Crippen molar-refractivity contribution in [2.24, 2.45) is 0 Å². The molecule has 0 rings (SSSR count). The second-order valence-electron chi connectivity index (χ2n) is 2.60. The van der Waals surface area contributed by atoms with E-state index < -0.39 is 18.9 Å². The zero-order valence-corrected chi connectivity index (χ0v) is 6.10. The zero-order chi connectivity index (χ0) is 8.20. The fraction of sp³-hybridized carbons (Fsp3) is 0.714. The first-order valence-corrected chi connectivity index (χ1v) is 3.09. The first-order valence-electron chi connectivity index (χ1n) is 3.09. The van der Waals surface area contributed by atoms with E-state index in [4.69, 9.17) is 10.2 Å². The predicted octanol–water partition coefficient (Wildman–Crippen LogP) is 0.645. The quantitative estimate of drug-likeness (QED) is 0.574. The van der Waals surface area contributed by atoms with E-state index in [2.05, 4.69) is 6.58 Å². The Hall–Kier alpha value is -0.410. The normalized spacial score (nSPS) is 11.6. The van der Waals surface area contributed by atoms with Gasteiger partial charge in [-0.25, -0.2) is 4.39 Å². The molecule has 3 heteroatoms. The van der Waals surface area contributed by atoms with E-state index in [0.717, 1.165) is 0 Å². The molecule has 60 valence electrons. The van der Waals surface area contributed by atoms with Crippen LogP contribution in [-0.2, 0) is 0 Å². The van der Waals surface area contributed by atoms with Gasteiger partial charge in [0.05, 0.1) is 13.2 Å². The summed E-state index contributed by atoms with van der Waals surface area (Å²) in [6, 6.07) is 0. The van der Waals surface area contributed by atoms with Gasteiger partial charge in [0.1, 0.15) is 0 Å². The molecule has 0 fully saturated rings. The standard InChI is InChI=1S/C7H13FO2/c1-6(2)3-7(8,4-9)5-10/h9-10H,1,3-5H2,2H3. The first-order chi connectivity index (χ1) is 4.54. The Morgan fingerprint density at radius 3 is 2.00 bits per heavy atom. The van der Waals surface area contributed by atoms with Gasteiger partial charge in [0.25, 0.3) is 0 Å². The van der Waals surface area contributed by atoms with Crippen LogP contribution >= 0.6 is 0 Å². The molecule has 0 aliphatic rings. The number of alkyl halides is 1. The van der Waals surface area contributed by atoms with Crippen LogP contribution in [0.2, 0.25) is 0 Å². The van der Waals surface area contributed by atoms with Crippen molar-refractivity contribution in [2.45, 2.75) is 19.0 Å². The van der Waals surface area contributed by atoms with Gasteiger partial charge in [-0.15, -0.1) is 6.58 Å². The van der Waals surface area contributed by atoms with Crippen LogP contribution in [-0.4, -0.2) is 29.1 Å². The molecule has 0 amide bonds. The molecule has 0 atom stereocenters. The van der Waals surface area contributed by atoms with Crippen molar-refractivity contribution in [1.82, 2.24) is 0 Å². The van der Waals surface area contributed by atoms with Gasteiger partial charge in [0, 0.05) is 6.42 Å². The lowest BCUT2D eigenvalue weighted by Crippen LogP contribution is -2.32. The smallest absolute Gasteiger partial charge is 0.160 e. The summed E-state index contributed by atoms with van der Waals surface area (Å²) >= 11 is 0. The third kappa shape index (κ3) is 2.94. The van der Waals surface area contributed by atoms with Crippen molar-refractivity contribution >= 4 is 0 Å². The zero-order valence-electron chi connectivity index (χ0n) is 6.10. The van der Waals surface area contributed by atoms with Gasteiger partial charge in [0.2, 0.25) is 0 Å². The second kappa shape index (κ2) is 3.68. The van der Waals surface area contributed by atoms with E-state index in [1.165, 1.54) is 0 Å². The van der Waals surface area contributed by atoms with Gasteiger partial charge < -0.3 is 10.2 Å². The number of rotatable bonds is 4. The minimum absolute atomic E-state index is 0.0139. The predicted molar refractivity (Wildman–Crippen MR) is 37.4 cm³/mol. The van der Waals surface area contributed by atoms with Crippen LogP contribution in [0.1, 0.15) is 13.3 Å². The molecule has 0 saturated heterocycles. The summed E-state index contributed by atoms with van der Waals surface area (Å²) in [6.45, 7) is 3.81. The SMILES string of the molecule is C=C(C)CC(F)(CO)CO. The minimum atomic E-state index is -1.88. The van der Waals surface area contributed by atoms with Crippen molar-refractivity contribution in [3.8, 4) is 0 Å². The van der Waals surface area contributed by atoms with Gasteiger partial charge in [0.15, 0.2) is 5.67 Å². The van der Waals surface area contributed by atoms with Gasteiger partial charge >= 0.3 is 0 Å². The molecule has 0 radical (unpaired) electrons. The van der Waals surface area contributed by atoms with Crippen LogP contribution in [0, 0.1) is 0 Å². The van der Waals surface area contributed by atoms with Gasteiger partial charge in [-0.1, -0.05) is 5.57 Å². The summed E-state index contributed by atoms with van der Waals surface area (Å²) in [7, 11) is 0. The molecule has 2 nitrogen and oxygen atoms in total. The molecule has 0 heterocycles. The van der Waals surface area contributed by atoms with Gasteiger partial charge in [-0.05, 0) is 6.92 Å². The fourth-order valence-corrected chi connectivity index (χ4v) is 0.703. The molecule has 0 saturated carbocycles. The average Bonchev–Trinajstić information content (AvgIpc) is 1.87. The maximum absolute atomic E-state index is 12.9. The molecule has 0 bridgehead atoms. The molecule has 0 unspecified atom stereocenters. The Balaban J connectivity index is 3.92. The van der Waals surface area contributed by atoms with Crippen molar-refractivity contribution in [3.05, 3.63) is 12.2 Å². The summed E-state index contributed by atoms with van der Waals surface area (Å²) in [4.78, 5) is 0. The molecule has 0 aliphatic carbocycles. The highest BCUT2D eigenvalue weighted by Crippen LogP contribution is 2.18. The van der Waals surface area contributed by atoms with E-state index in [1.54, 1.807) is 6.92 Å². The third-order valence-corrected chi connectivity index (χ3v) is 1.19. The Labute approximate surface area is 60.0 Å². The van der Waals surface area contributed by atoms with Crippen LogP contribution in [0.3, 0.4) is 0 Å². The number of aliphatic hydroxyl groups excluding tert-OH is 2. The van der Waals surface area contributed by atoms with Gasteiger partial charge in [-0.3, -0.25) is 0 Å². The first kappa shape index (κ1) is 9.59. The summed E-state index contributed by atoms with van der Waals surface area (Å²) in [5, 5.41) is 16.9. The van der Waals surface area contributed by atoms with Crippen molar-refractivity contribution in [2.75, 3.05) is 13.2 Å². The van der Waals surface area contributed by atoms with Crippen LogP contribution < -0.4 is 0 Å². The average molecular weight is 148 g/mol. The van der Waals surface area contributed by atoms with E-state index >= 15 is 0 Å². The maximum Gasteiger partial charge on any atom is 0.160 e. The molecular weight excluding hydrogens is 135 g/mol. The largest absolute Gasteiger partial charge is 0.393 e. The lowest BCUT2D eigenvalue weighted by atomic mass is 10.00. The lowest BCUT2D eigenvalue weighted by molar-refractivity contribution is 0.0167. The van der Waals surface area contributed by atoms with Crippen molar-refractivity contribution < 1.29 is 14.6 Å². The number of aliphatic hydroxyl groups is 2. The summed E-state index contributed by atoms with van der Waals surface area (Å²) in [5.41, 5.74) is -1.27.